The van der Waals surface area contributed by atoms with E-state index in [1.54, 1.807) is 12.1 Å². The summed E-state index contributed by atoms with van der Waals surface area (Å²) in [5.41, 5.74) is 8.17. The number of nitrogen functional groups attached to an aromatic ring is 1. The van der Waals surface area contributed by atoms with Gasteiger partial charge in [-0.2, -0.15) is 5.26 Å². The number of benzene rings is 1. The van der Waals surface area contributed by atoms with Gasteiger partial charge in [-0.25, -0.2) is 9.97 Å². The molecule has 18 heavy (non-hydrogen) atoms. The van der Waals surface area contributed by atoms with Gasteiger partial charge in [-0.3, -0.25) is 0 Å². The van der Waals surface area contributed by atoms with Gasteiger partial charge in [0.15, 0.2) is 0 Å². The lowest BCUT2D eigenvalue weighted by atomic mass is 10.2. The SMILES string of the molecule is Cc1c(N)ncnc1N(C)c1ccc(C#N)cc1. The molecule has 0 saturated heterocycles. The average molecular weight is 239 g/mol. The molecular weight excluding hydrogens is 226 g/mol. The van der Waals surface area contributed by atoms with E-state index in [1.165, 1.54) is 6.33 Å². The summed E-state index contributed by atoms with van der Waals surface area (Å²) in [5, 5.41) is 8.76. The summed E-state index contributed by atoms with van der Waals surface area (Å²) in [6.07, 6.45) is 1.44. The van der Waals surface area contributed by atoms with Crippen LogP contribution < -0.4 is 10.6 Å². The Morgan fingerprint density at radius 3 is 2.50 bits per heavy atom. The molecule has 2 aromatic rings. The molecule has 90 valence electrons. The summed E-state index contributed by atoms with van der Waals surface area (Å²) in [4.78, 5) is 10.1. The van der Waals surface area contributed by atoms with Crippen molar-refractivity contribution < 1.29 is 0 Å². The topological polar surface area (TPSA) is 78.8 Å². The number of nitrogens with two attached hydrogens (primary N) is 1. The minimum absolute atomic E-state index is 0.473. The Hall–Kier alpha value is -2.61. The zero-order valence-electron chi connectivity index (χ0n) is 10.3. The predicted molar refractivity (Wildman–Crippen MR) is 70.4 cm³/mol. The maximum Gasteiger partial charge on any atom is 0.141 e. The van der Waals surface area contributed by atoms with Crippen molar-refractivity contribution in [1.29, 1.82) is 5.26 Å². The molecule has 0 unspecified atom stereocenters. The first-order valence-corrected chi connectivity index (χ1v) is 5.44. The van der Waals surface area contributed by atoms with E-state index in [1.807, 2.05) is 31.0 Å². The van der Waals surface area contributed by atoms with Gasteiger partial charge in [0.2, 0.25) is 0 Å². The van der Waals surface area contributed by atoms with Crippen molar-refractivity contribution in [2.75, 3.05) is 17.7 Å². The minimum atomic E-state index is 0.473. The van der Waals surface area contributed by atoms with Crippen LogP contribution in [0.3, 0.4) is 0 Å². The van der Waals surface area contributed by atoms with Crippen LogP contribution in [0.4, 0.5) is 17.3 Å². The number of rotatable bonds is 2. The normalized spacial score (nSPS) is 9.83. The fourth-order valence-electron chi connectivity index (χ4n) is 1.67. The first kappa shape index (κ1) is 11.9. The van der Waals surface area contributed by atoms with Crippen LogP contribution in [0.25, 0.3) is 0 Å². The summed E-state index contributed by atoms with van der Waals surface area (Å²) in [6.45, 7) is 1.88. The molecule has 2 rings (SSSR count). The molecule has 1 heterocycles. The number of nitrogens with zero attached hydrogens (tertiary/aromatic N) is 4. The van der Waals surface area contributed by atoms with Crippen molar-refractivity contribution >= 4 is 17.3 Å². The molecule has 0 aliphatic rings. The summed E-state index contributed by atoms with van der Waals surface area (Å²) in [6, 6.07) is 9.37. The monoisotopic (exact) mass is 239 g/mol. The number of nitriles is 1. The number of anilines is 3. The van der Waals surface area contributed by atoms with Crippen molar-refractivity contribution in [3.05, 3.63) is 41.7 Å². The average Bonchev–Trinajstić information content (AvgIpc) is 2.41. The second kappa shape index (κ2) is 4.72. The van der Waals surface area contributed by atoms with Crippen LogP contribution in [0.2, 0.25) is 0 Å². The minimum Gasteiger partial charge on any atom is -0.383 e. The summed E-state index contributed by atoms with van der Waals surface area (Å²) in [7, 11) is 1.90. The highest BCUT2D eigenvalue weighted by atomic mass is 15.2. The molecule has 0 bridgehead atoms. The molecule has 1 aromatic heterocycles. The third-order valence-electron chi connectivity index (χ3n) is 2.80. The second-order valence-electron chi connectivity index (χ2n) is 3.93. The fourth-order valence-corrected chi connectivity index (χ4v) is 1.67. The Morgan fingerprint density at radius 1 is 1.22 bits per heavy atom. The van der Waals surface area contributed by atoms with Gasteiger partial charge in [-0.1, -0.05) is 0 Å². The van der Waals surface area contributed by atoms with Crippen LogP contribution in [0.5, 0.6) is 0 Å². The number of aromatic nitrogens is 2. The van der Waals surface area contributed by atoms with Gasteiger partial charge in [0.25, 0.3) is 0 Å². The maximum atomic E-state index is 8.76. The smallest absolute Gasteiger partial charge is 0.141 e. The Bertz CT molecular complexity index is 598. The van der Waals surface area contributed by atoms with E-state index in [2.05, 4.69) is 16.0 Å². The zero-order valence-corrected chi connectivity index (χ0v) is 10.3. The number of hydrogen-bond acceptors (Lipinski definition) is 5. The second-order valence-corrected chi connectivity index (χ2v) is 3.93. The van der Waals surface area contributed by atoms with Crippen LogP contribution in [0, 0.1) is 18.3 Å². The molecule has 0 radical (unpaired) electrons. The third kappa shape index (κ3) is 2.09. The van der Waals surface area contributed by atoms with Crippen LogP contribution in [0.1, 0.15) is 11.1 Å². The van der Waals surface area contributed by atoms with E-state index in [0.29, 0.717) is 11.4 Å². The van der Waals surface area contributed by atoms with E-state index in [4.69, 9.17) is 11.0 Å². The molecular formula is C13H13N5. The Labute approximate surface area is 106 Å². The molecule has 0 saturated carbocycles. The highest BCUT2D eigenvalue weighted by molar-refractivity contribution is 5.65. The van der Waals surface area contributed by atoms with Crippen LogP contribution in [-0.4, -0.2) is 17.0 Å². The van der Waals surface area contributed by atoms with Gasteiger partial charge in [0, 0.05) is 18.3 Å². The van der Waals surface area contributed by atoms with E-state index in [0.717, 1.165) is 17.1 Å². The van der Waals surface area contributed by atoms with Crippen molar-refractivity contribution in [2.45, 2.75) is 6.92 Å². The van der Waals surface area contributed by atoms with E-state index in [9.17, 15) is 0 Å². The molecule has 1 aromatic carbocycles. The van der Waals surface area contributed by atoms with Gasteiger partial charge in [-0.15, -0.1) is 0 Å². The lowest BCUT2D eigenvalue weighted by Gasteiger charge is -2.20. The molecule has 5 nitrogen and oxygen atoms in total. The quantitative estimate of drug-likeness (QED) is 0.867. The summed E-state index contributed by atoms with van der Waals surface area (Å²) >= 11 is 0. The molecule has 5 heteroatoms. The van der Waals surface area contributed by atoms with Gasteiger partial charge in [0.05, 0.1) is 11.6 Å². The molecule has 0 fully saturated rings. The lowest BCUT2D eigenvalue weighted by molar-refractivity contribution is 1.06. The maximum absolute atomic E-state index is 8.76. The van der Waals surface area contributed by atoms with Crippen molar-refractivity contribution in [3.8, 4) is 6.07 Å². The van der Waals surface area contributed by atoms with Gasteiger partial charge >= 0.3 is 0 Å². The van der Waals surface area contributed by atoms with Gasteiger partial charge in [-0.05, 0) is 31.2 Å². The molecule has 0 amide bonds. The third-order valence-corrected chi connectivity index (χ3v) is 2.80. The van der Waals surface area contributed by atoms with E-state index in [-0.39, 0.29) is 0 Å². The zero-order chi connectivity index (χ0) is 13.1. The van der Waals surface area contributed by atoms with Crippen LogP contribution >= 0.6 is 0 Å². The molecule has 0 aliphatic heterocycles. The molecule has 0 atom stereocenters. The van der Waals surface area contributed by atoms with Crippen LogP contribution in [0.15, 0.2) is 30.6 Å². The Kier molecular flexibility index (Phi) is 3.11. The van der Waals surface area contributed by atoms with Crippen molar-refractivity contribution in [1.82, 2.24) is 9.97 Å². The standard InChI is InChI=1S/C13H13N5/c1-9-12(15)16-8-17-13(9)18(2)11-5-3-10(7-14)4-6-11/h3-6,8H,1-2H3,(H2,15,16,17). The largest absolute Gasteiger partial charge is 0.383 e. The van der Waals surface area contributed by atoms with Gasteiger partial charge in [0.1, 0.15) is 18.0 Å². The summed E-state index contributed by atoms with van der Waals surface area (Å²) in [5.74, 6) is 1.23. The highest BCUT2D eigenvalue weighted by Gasteiger charge is 2.10. The molecule has 0 spiro atoms. The van der Waals surface area contributed by atoms with E-state index < -0.39 is 0 Å². The number of hydrogen-bond donors (Lipinski definition) is 1. The van der Waals surface area contributed by atoms with Crippen molar-refractivity contribution in [3.63, 3.8) is 0 Å². The van der Waals surface area contributed by atoms with Gasteiger partial charge < -0.3 is 10.6 Å². The summed E-state index contributed by atoms with van der Waals surface area (Å²) < 4.78 is 0. The molecule has 2 N–H and O–H groups in total. The predicted octanol–water partition coefficient (Wildman–Crippen LogP) is 2.01. The van der Waals surface area contributed by atoms with E-state index >= 15 is 0 Å². The van der Waals surface area contributed by atoms with Crippen LogP contribution in [-0.2, 0) is 0 Å². The Balaban J connectivity index is 2.38. The Morgan fingerprint density at radius 2 is 1.89 bits per heavy atom. The first-order chi connectivity index (χ1) is 8.63. The highest BCUT2D eigenvalue weighted by Crippen LogP contribution is 2.26. The lowest BCUT2D eigenvalue weighted by Crippen LogP contribution is -2.14. The first-order valence-electron chi connectivity index (χ1n) is 5.44. The fraction of sp³-hybridized carbons (Fsp3) is 0.154. The van der Waals surface area contributed by atoms with Crippen molar-refractivity contribution in [2.24, 2.45) is 0 Å². The molecule has 0 aliphatic carbocycles.